The third-order valence-electron chi connectivity index (χ3n) is 3.53. The van der Waals surface area contributed by atoms with Crippen LogP contribution in [-0.2, 0) is 11.3 Å². The Morgan fingerprint density at radius 2 is 2.10 bits per heavy atom. The molecule has 0 saturated carbocycles. The van der Waals surface area contributed by atoms with E-state index in [-0.39, 0.29) is 0 Å². The van der Waals surface area contributed by atoms with E-state index in [9.17, 15) is 0 Å². The van der Waals surface area contributed by atoms with Crippen molar-refractivity contribution in [1.29, 1.82) is 0 Å². The average molecular weight is 301 g/mol. The largest absolute Gasteiger partial charge is 0.395 e. The monoisotopic (exact) mass is 301 g/mol. The first-order valence-corrected chi connectivity index (χ1v) is 8.16. The molecule has 0 aliphatic carbocycles. The number of nitrogens with zero attached hydrogens (tertiary/aromatic N) is 3. The maximum Gasteiger partial charge on any atom is 0.128 e. The first-order valence-electron chi connectivity index (χ1n) is 7.28. The molecule has 0 aromatic carbocycles. The Bertz CT molecular complexity index is 558. The van der Waals surface area contributed by atoms with Crippen LogP contribution in [0.4, 0.5) is 5.82 Å². The predicted octanol–water partition coefficient (Wildman–Crippen LogP) is 3.36. The maximum absolute atomic E-state index is 5.45. The molecule has 110 valence electrons. The minimum atomic E-state index is 0.661. The van der Waals surface area contributed by atoms with Crippen LogP contribution in [-0.4, -0.2) is 30.4 Å². The summed E-state index contributed by atoms with van der Waals surface area (Å²) < 4.78 is 0. The lowest BCUT2D eigenvalue weighted by molar-refractivity contribution is 0.146. The fraction of sp³-hybridized carbons (Fsp3) is 0.375. The van der Waals surface area contributed by atoms with Crippen molar-refractivity contribution in [3.05, 3.63) is 46.8 Å². The van der Waals surface area contributed by atoms with Gasteiger partial charge in [0.05, 0.1) is 5.71 Å². The molecule has 3 rings (SSSR count). The van der Waals surface area contributed by atoms with Gasteiger partial charge < -0.3 is 9.74 Å². The summed E-state index contributed by atoms with van der Waals surface area (Å²) in [6.45, 7) is 2.59. The fourth-order valence-electron chi connectivity index (χ4n) is 2.36. The van der Waals surface area contributed by atoms with Crippen molar-refractivity contribution in [2.75, 3.05) is 24.6 Å². The molecule has 2 aromatic rings. The molecule has 0 amide bonds. The van der Waals surface area contributed by atoms with Gasteiger partial charge in [-0.05, 0) is 23.6 Å². The number of anilines is 1. The highest BCUT2D eigenvalue weighted by Gasteiger charge is 2.16. The second-order valence-corrected chi connectivity index (χ2v) is 6.03. The topological polar surface area (TPSA) is 37.7 Å². The van der Waals surface area contributed by atoms with E-state index in [0.717, 1.165) is 43.9 Å². The van der Waals surface area contributed by atoms with E-state index in [1.165, 1.54) is 4.88 Å². The van der Waals surface area contributed by atoms with E-state index in [1.54, 1.807) is 11.3 Å². The molecule has 0 radical (unpaired) electrons. The molecule has 3 heterocycles. The van der Waals surface area contributed by atoms with Crippen molar-refractivity contribution in [2.45, 2.75) is 19.3 Å². The highest BCUT2D eigenvalue weighted by atomic mass is 32.1. The van der Waals surface area contributed by atoms with Crippen molar-refractivity contribution in [1.82, 2.24) is 4.98 Å². The molecule has 21 heavy (non-hydrogen) atoms. The number of pyridine rings is 1. The molecule has 0 bridgehead atoms. The lowest BCUT2D eigenvalue weighted by Gasteiger charge is -2.28. The third kappa shape index (κ3) is 4.04. The SMILES string of the molecule is c1ccc(N2CCC(=NOCCc3cccs3)CC2)nc1. The third-order valence-corrected chi connectivity index (χ3v) is 4.46. The van der Waals surface area contributed by atoms with Gasteiger partial charge in [-0.3, -0.25) is 0 Å². The number of piperidine rings is 1. The van der Waals surface area contributed by atoms with Gasteiger partial charge in [0, 0.05) is 43.4 Å². The van der Waals surface area contributed by atoms with E-state index >= 15 is 0 Å². The number of rotatable bonds is 5. The highest BCUT2D eigenvalue weighted by Crippen LogP contribution is 2.16. The molecule has 1 aliphatic rings. The smallest absolute Gasteiger partial charge is 0.128 e. The van der Waals surface area contributed by atoms with Crippen molar-refractivity contribution in [2.24, 2.45) is 5.16 Å². The molecule has 2 aromatic heterocycles. The summed E-state index contributed by atoms with van der Waals surface area (Å²) in [5.41, 5.74) is 1.16. The van der Waals surface area contributed by atoms with E-state index in [4.69, 9.17) is 4.84 Å². The van der Waals surface area contributed by atoms with Crippen LogP contribution < -0.4 is 4.90 Å². The van der Waals surface area contributed by atoms with Crippen molar-refractivity contribution in [3.8, 4) is 0 Å². The molecule has 1 saturated heterocycles. The molecular formula is C16H19N3OS. The standard InChI is InChI=1S/C16H19N3OS/c1-2-9-17-16(5-1)19-10-6-14(7-11-19)18-20-12-8-15-4-3-13-21-15/h1-5,9,13H,6-8,10-12H2. The van der Waals surface area contributed by atoms with Crippen molar-refractivity contribution < 1.29 is 4.84 Å². The summed E-state index contributed by atoms with van der Waals surface area (Å²) in [7, 11) is 0. The quantitative estimate of drug-likeness (QED) is 0.628. The van der Waals surface area contributed by atoms with Crippen LogP contribution in [0.3, 0.4) is 0 Å². The first kappa shape index (κ1) is 14.1. The molecule has 5 heteroatoms. The summed E-state index contributed by atoms with van der Waals surface area (Å²) in [4.78, 5) is 13.5. The molecule has 4 nitrogen and oxygen atoms in total. The summed E-state index contributed by atoms with van der Waals surface area (Å²) in [5.74, 6) is 1.05. The zero-order valence-corrected chi connectivity index (χ0v) is 12.8. The zero-order valence-electron chi connectivity index (χ0n) is 11.9. The minimum Gasteiger partial charge on any atom is -0.395 e. The molecule has 0 atom stereocenters. The maximum atomic E-state index is 5.45. The lowest BCUT2D eigenvalue weighted by Crippen LogP contribution is -2.34. The van der Waals surface area contributed by atoms with Crippen LogP contribution >= 0.6 is 11.3 Å². The van der Waals surface area contributed by atoms with E-state index < -0.39 is 0 Å². The Hall–Kier alpha value is -1.88. The molecule has 0 N–H and O–H groups in total. The van der Waals surface area contributed by atoms with Crippen LogP contribution in [0.2, 0.25) is 0 Å². The molecular weight excluding hydrogens is 282 g/mol. The van der Waals surface area contributed by atoms with Gasteiger partial charge in [-0.1, -0.05) is 17.3 Å². The predicted molar refractivity (Wildman–Crippen MR) is 87.1 cm³/mol. The van der Waals surface area contributed by atoms with Gasteiger partial charge in [0.1, 0.15) is 12.4 Å². The van der Waals surface area contributed by atoms with Gasteiger partial charge in [0.15, 0.2) is 0 Å². The van der Waals surface area contributed by atoms with Gasteiger partial charge in [0.2, 0.25) is 0 Å². The highest BCUT2D eigenvalue weighted by molar-refractivity contribution is 7.09. The first-order chi connectivity index (χ1) is 10.4. The van der Waals surface area contributed by atoms with E-state index in [1.807, 2.05) is 18.3 Å². The van der Waals surface area contributed by atoms with Crippen LogP contribution in [0.25, 0.3) is 0 Å². The summed E-state index contributed by atoms with van der Waals surface area (Å²) in [5, 5.41) is 6.38. The Kier molecular flexibility index (Phi) is 4.84. The van der Waals surface area contributed by atoms with Crippen LogP contribution in [0.5, 0.6) is 0 Å². The van der Waals surface area contributed by atoms with Gasteiger partial charge >= 0.3 is 0 Å². The molecule has 1 aliphatic heterocycles. The Balaban J connectivity index is 1.42. The molecule has 1 fully saturated rings. The fourth-order valence-corrected chi connectivity index (χ4v) is 3.05. The van der Waals surface area contributed by atoms with Crippen LogP contribution in [0.1, 0.15) is 17.7 Å². The second-order valence-electron chi connectivity index (χ2n) is 5.00. The number of thiophene rings is 1. The number of hydrogen-bond donors (Lipinski definition) is 0. The van der Waals surface area contributed by atoms with Crippen molar-refractivity contribution in [3.63, 3.8) is 0 Å². The summed E-state index contributed by atoms with van der Waals surface area (Å²) >= 11 is 1.76. The van der Waals surface area contributed by atoms with E-state index in [0.29, 0.717) is 6.61 Å². The zero-order chi connectivity index (χ0) is 14.3. The van der Waals surface area contributed by atoms with Gasteiger partial charge in [-0.25, -0.2) is 4.98 Å². The average Bonchev–Trinajstić information content (AvgIpc) is 3.06. The Morgan fingerprint density at radius 1 is 1.19 bits per heavy atom. The number of oxime groups is 1. The summed E-state index contributed by atoms with van der Waals surface area (Å²) in [6.07, 6.45) is 4.69. The van der Waals surface area contributed by atoms with E-state index in [2.05, 4.69) is 38.6 Å². The van der Waals surface area contributed by atoms with Gasteiger partial charge in [-0.2, -0.15) is 0 Å². The van der Waals surface area contributed by atoms with Crippen LogP contribution in [0, 0.1) is 0 Å². The second kappa shape index (κ2) is 7.22. The lowest BCUT2D eigenvalue weighted by atomic mass is 10.1. The normalized spacial score (nSPS) is 15.0. The van der Waals surface area contributed by atoms with Gasteiger partial charge in [0.25, 0.3) is 0 Å². The van der Waals surface area contributed by atoms with Gasteiger partial charge in [-0.15, -0.1) is 11.3 Å². The summed E-state index contributed by atoms with van der Waals surface area (Å²) in [6, 6.07) is 10.2. The Labute approximate surface area is 129 Å². The van der Waals surface area contributed by atoms with Crippen molar-refractivity contribution >= 4 is 22.9 Å². The number of aromatic nitrogens is 1. The number of hydrogen-bond acceptors (Lipinski definition) is 5. The molecule has 0 spiro atoms. The minimum absolute atomic E-state index is 0.661. The molecule has 0 unspecified atom stereocenters. The Morgan fingerprint density at radius 3 is 2.81 bits per heavy atom. The van der Waals surface area contributed by atoms with Crippen LogP contribution in [0.15, 0.2) is 47.1 Å².